The van der Waals surface area contributed by atoms with Crippen molar-refractivity contribution in [2.75, 3.05) is 11.9 Å². The second-order valence-electron chi connectivity index (χ2n) is 5.71. The molecule has 0 aliphatic carbocycles. The van der Waals surface area contributed by atoms with Crippen LogP contribution in [0.5, 0.6) is 5.75 Å². The first kappa shape index (κ1) is 18.6. The summed E-state index contributed by atoms with van der Waals surface area (Å²) in [4.78, 5) is 0. The summed E-state index contributed by atoms with van der Waals surface area (Å²) in [5, 5.41) is 13.4. The van der Waals surface area contributed by atoms with E-state index >= 15 is 0 Å². The van der Waals surface area contributed by atoms with Crippen molar-refractivity contribution in [3.8, 4) is 28.2 Å². The SMILES string of the molecule is C=CCNc1oc(-c2ccccc2F)c(O)c1-c1cccc(C(F)(F)F)c1. The summed E-state index contributed by atoms with van der Waals surface area (Å²) >= 11 is 0. The number of hydrogen-bond donors (Lipinski definition) is 2. The maximum Gasteiger partial charge on any atom is 0.416 e. The standard InChI is InChI=1S/C20H15F4NO2/c1-2-10-25-19-16(12-6-5-7-13(11-12)20(22,23)24)17(26)18(27-19)14-8-3-4-9-15(14)21/h2-9,11,25-26H,1,10H2. The molecule has 3 nitrogen and oxygen atoms in total. The Bertz CT molecular complexity index is 976. The van der Waals surface area contributed by atoms with Crippen molar-refractivity contribution in [1.29, 1.82) is 0 Å². The first-order valence-electron chi connectivity index (χ1n) is 7.96. The molecular formula is C20H15F4NO2. The third kappa shape index (κ3) is 3.67. The molecule has 0 fully saturated rings. The molecule has 0 saturated carbocycles. The highest BCUT2D eigenvalue weighted by atomic mass is 19.4. The van der Waals surface area contributed by atoms with Crippen LogP contribution in [0.15, 0.2) is 65.6 Å². The summed E-state index contributed by atoms with van der Waals surface area (Å²) in [5.74, 6) is -1.24. The molecule has 0 bridgehead atoms. The Morgan fingerprint density at radius 1 is 1.11 bits per heavy atom. The van der Waals surface area contributed by atoms with Crippen molar-refractivity contribution < 1.29 is 27.1 Å². The maximum absolute atomic E-state index is 14.1. The van der Waals surface area contributed by atoms with Crippen molar-refractivity contribution in [1.82, 2.24) is 0 Å². The lowest BCUT2D eigenvalue weighted by Gasteiger charge is -2.09. The fourth-order valence-electron chi connectivity index (χ4n) is 2.66. The monoisotopic (exact) mass is 377 g/mol. The maximum atomic E-state index is 14.1. The van der Waals surface area contributed by atoms with Crippen LogP contribution in [0.3, 0.4) is 0 Å². The van der Waals surface area contributed by atoms with Crippen LogP contribution in [-0.4, -0.2) is 11.7 Å². The van der Waals surface area contributed by atoms with E-state index in [0.717, 1.165) is 12.1 Å². The minimum absolute atomic E-state index is 0.00474. The van der Waals surface area contributed by atoms with Gasteiger partial charge in [-0.05, 0) is 29.8 Å². The molecule has 1 aromatic heterocycles. The van der Waals surface area contributed by atoms with E-state index in [9.17, 15) is 22.7 Å². The number of benzene rings is 2. The van der Waals surface area contributed by atoms with E-state index in [0.29, 0.717) is 0 Å². The zero-order chi connectivity index (χ0) is 19.6. The average molecular weight is 377 g/mol. The first-order valence-corrected chi connectivity index (χ1v) is 7.96. The van der Waals surface area contributed by atoms with Crippen LogP contribution in [0.2, 0.25) is 0 Å². The van der Waals surface area contributed by atoms with Crippen molar-refractivity contribution in [2.45, 2.75) is 6.18 Å². The van der Waals surface area contributed by atoms with Gasteiger partial charge in [0.1, 0.15) is 5.82 Å². The lowest BCUT2D eigenvalue weighted by Crippen LogP contribution is -2.04. The summed E-state index contributed by atoms with van der Waals surface area (Å²) in [6.07, 6.45) is -3.03. The van der Waals surface area contributed by atoms with Gasteiger partial charge in [0.2, 0.25) is 5.88 Å². The Kier molecular flexibility index (Phi) is 4.94. The van der Waals surface area contributed by atoms with Crippen LogP contribution >= 0.6 is 0 Å². The summed E-state index contributed by atoms with van der Waals surface area (Å²) in [6.45, 7) is 3.78. The lowest BCUT2D eigenvalue weighted by molar-refractivity contribution is -0.137. The van der Waals surface area contributed by atoms with Crippen LogP contribution in [0.4, 0.5) is 23.4 Å². The van der Waals surface area contributed by atoms with Gasteiger partial charge in [-0.1, -0.05) is 30.3 Å². The second-order valence-corrected chi connectivity index (χ2v) is 5.71. The Labute approximate surface area is 152 Å². The van der Waals surface area contributed by atoms with Crippen molar-refractivity contribution in [2.24, 2.45) is 0 Å². The van der Waals surface area contributed by atoms with Crippen LogP contribution < -0.4 is 5.32 Å². The molecule has 0 unspecified atom stereocenters. The van der Waals surface area contributed by atoms with Gasteiger partial charge >= 0.3 is 6.18 Å². The topological polar surface area (TPSA) is 45.4 Å². The number of furan rings is 1. The molecule has 3 rings (SSSR count). The number of nitrogens with one attached hydrogen (secondary N) is 1. The third-order valence-electron chi connectivity index (χ3n) is 3.89. The molecule has 3 aromatic rings. The van der Waals surface area contributed by atoms with E-state index in [-0.39, 0.29) is 34.9 Å². The largest absolute Gasteiger partial charge is 0.504 e. The molecule has 0 aliphatic rings. The fourth-order valence-corrected chi connectivity index (χ4v) is 2.66. The number of alkyl halides is 3. The van der Waals surface area contributed by atoms with E-state index in [2.05, 4.69) is 11.9 Å². The fraction of sp³-hybridized carbons (Fsp3) is 0.100. The second kappa shape index (κ2) is 7.19. The number of rotatable bonds is 5. The molecule has 27 heavy (non-hydrogen) atoms. The summed E-state index contributed by atoms with van der Waals surface area (Å²) in [5.41, 5.74) is -0.779. The summed E-state index contributed by atoms with van der Waals surface area (Å²) in [6, 6.07) is 10.1. The highest BCUT2D eigenvalue weighted by Crippen LogP contribution is 2.47. The van der Waals surface area contributed by atoms with Gasteiger partial charge in [-0.2, -0.15) is 13.2 Å². The van der Waals surface area contributed by atoms with E-state index in [1.165, 1.54) is 36.4 Å². The van der Waals surface area contributed by atoms with Crippen LogP contribution in [-0.2, 0) is 6.18 Å². The Morgan fingerprint density at radius 2 is 1.85 bits per heavy atom. The first-order chi connectivity index (χ1) is 12.8. The average Bonchev–Trinajstić information content (AvgIpc) is 2.96. The predicted molar refractivity (Wildman–Crippen MR) is 94.9 cm³/mol. The highest BCUT2D eigenvalue weighted by Gasteiger charge is 2.32. The van der Waals surface area contributed by atoms with Crippen LogP contribution in [0.1, 0.15) is 5.56 Å². The molecule has 7 heteroatoms. The molecule has 0 aliphatic heterocycles. The third-order valence-corrected chi connectivity index (χ3v) is 3.89. The van der Waals surface area contributed by atoms with Gasteiger partial charge in [-0.3, -0.25) is 0 Å². The summed E-state index contributed by atoms with van der Waals surface area (Å²) in [7, 11) is 0. The van der Waals surface area contributed by atoms with Crippen molar-refractivity contribution >= 4 is 5.88 Å². The van der Waals surface area contributed by atoms with Crippen LogP contribution in [0, 0.1) is 5.82 Å². The molecule has 2 N–H and O–H groups in total. The van der Waals surface area contributed by atoms with Crippen LogP contribution in [0.25, 0.3) is 22.5 Å². The molecule has 0 amide bonds. The molecule has 1 heterocycles. The van der Waals surface area contributed by atoms with Gasteiger partial charge in [0.25, 0.3) is 0 Å². The Hall–Kier alpha value is -3.22. The van der Waals surface area contributed by atoms with Gasteiger partial charge in [-0.15, -0.1) is 6.58 Å². The lowest BCUT2D eigenvalue weighted by atomic mass is 10.0. The van der Waals surface area contributed by atoms with Crippen molar-refractivity contribution in [3.63, 3.8) is 0 Å². The molecule has 0 atom stereocenters. The molecular weight excluding hydrogens is 362 g/mol. The molecule has 2 aromatic carbocycles. The van der Waals surface area contributed by atoms with E-state index < -0.39 is 23.3 Å². The number of hydrogen-bond acceptors (Lipinski definition) is 3. The van der Waals surface area contributed by atoms with Crippen molar-refractivity contribution in [3.05, 3.63) is 72.6 Å². The summed E-state index contributed by atoms with van der Waals surface area (Å²) < 4.78 is 58.8. The minimum atomic E-state index is -4.54. The minimum Gasteiger partial charge on any atom is -0.504 e. The molecule has 0 saturated heterocycles. The van der Waals surface area contributed by atoms with E-state index in [1.54, 1.807) is 6.07 Å². The number of halogens is 4. The highest BCUT2D eigenvalue weighted by molar-refractivity contribution is 5.87. The van der Waals surface area contributed by atoms with Gasteiger partial charge in [0.15, 0.2) is 11.5 Å². The van der Waals surface area contributed by atoms with Gasteiger partial charge in [0, 0.05) is 6.54 Å². The zero-order valence-corrected chi connectivity index (χ0v) is 14.0. The quantitative estimate of drug-likeness (QED) is 0.419. The molecule has 140 valence electrons. The zero-order valence-electron chi connectivity index (χ0n) is 14.0. The van der Waals surface area contributed by atoms with Gasteiger partial charge < -0.3 is 14.8 Å². The number of anilines is 1. The molecule has 0 radical (unpaired) electrons. The normalized spacial score (nSPS) is 11.4. The van der Waals surface area contributed by atoms with E-state index in [1.807, 2.05) is 0 Å². The molecule has 0 spiro atoms. The Morgan fingerprint density at radius 3 is 2.52 bits per heavy atom. The van der Waals surface area contributed by atoms with E-state index in [4.69, 9.17) is 4.42 Å². The Balaban J connectivity index is 2.20. The number of aromatic hydroxyl groups is 1. The predicted octanol–water partition coefficient (Wildman–Crippen LogP) is 6.08. The smallest absolute Gasteiger partial charge is 0.416 e. The van der Waals surface area contributed by atoms with Gasteiger partial charge in [0.05, 0.1) is 16.7 Å². The van der Waals surface area contributed by atoms with Gasteiger partial charge in [-0.25, -0.2) is 4.39 Å².